The lowest BCUT2D eigenvalue weighted by atomic mass is 9.86. The zero-order valence-corrected chi connectivity index (χ0v) is 21.2. The van der Waals surface area contributed by atoms with Gasteiger partial charge in [-0.1, -0.05) is 45.0 Å². The van der Waals surface area contributed by atoms with Crippen molar-refractivity contribution in [1.29, 1.82) is 0 Å². The van der Waals surface area contributed by atoms with Crippen LogP contribution in [0.1, 0.15) is 38.4 Å². The molecule has 2 amide bonds. The highest BCUT2D eigenvalue weighted by atomic mass is 127. The molecule has 1 aliphatic rings. The summed E-state index contributed by atoms with van der Waals surface area (Å²) in [7, 11) is 0. The Balaban J connectivity index is 1.65. The fourth-order valence-corrected chi connectivity index (χ4v) is 5.72. The van der Waals surface area contributed by atoms with Crippen molar-refractivity contribution in [2.45, 2.75) is 58.8 Å². The maximum absolute atomic E-state index is 13.1. The Morgan fingerprint density at radius 2 is 2.00 bits per heavy atom. The molecule has 3 atom stereocenters. The highest BCUT2D eigenvalue weighted by Gasteiger charge is 2.43. The number of β-amino-alcohol motifs (C(OH)–C–C–N with tert-alkyl or cyclic N) is 1. The van der Waals surface area contributed by atoms with Crippen LogP contribution >= 0.6 is 34.2 Å². The number of aryl methyl sites for hydroxylation is 1. The van der Waals surface area contributed by atoms with Crippen LogP contribution in [0.2, 0.25) is 0 Å². The van der Waals surface area contributed by atoms with Crippen LogP contribution in [0.4, 0.5) is 0 Å². The highest BCUT2D eigenvalue weighted by Crippen LogP contribution is 2.28. The third-order valence-electron chi connectivity index (χ3n) is 5.52. The van der Waals surface area contributed by atoms with Gasteiger partial charge in [0.25, 0.3) is 0 Å². The van der Waals surface area contributed by atoms with E-state index >= 15 is 0 Å². The molecule has 1 aromatic heterocycles. The van der Waals surface area contributed by atoms with Crippen LogP contribution in [0.15, 0.2) is 29.8 Å². The van der Waals surface area contributed by atoms with Crippen molar-refractivity contribution in [3.8, 4) is 10.4 Å². The van der Waals surface area contributed by atoms with Crippen molar-refractivity contribution in [3.63, 3.8) is 0 Å². The van der Waals surface area contributed by atoms with Gasteiger partial charge >= 0.3 is 0 Å². The Labute approximate surface area is 201 Å². The van der Waals surface area contributed by atoms with E-state index in [9.17, 15) is 14.7 Å². The van der Waals surface area contributed by atoms with Crippen molar-refractivity contribution in [1.82, 2.24) is 18.7 Å². The van der Waals surface area contributed by atoms with Crippen molar-refractivity contribution >= 4 is 46.0 Å². The predicted molar refractivity (Wildman–Crippen MR) is 131 cm³/mol. The van der Waals surface area contributed by atoms with Crippen molar-refractivity contribution in [2.24, 2.45) is 5.41 Å². The van der Waals surface area contributed by atoms with Gasteiger partial charge in [0, 0.05) is 42.4 Å². The first-order chi connectivity index (χ1) is 14.6. The zero-order valence-electron chi connectivity index (χ0n) is 18.2. The van der Waals surface area contributed by atoms with Gasteiger partial charge < -0.3 is 15.3 Å². The first-order valence-corrected chi connectivity index (χ1v) is 12.2. The second-order valence-corrected chi connectivity index (χ2v) is 10.5. The van der Waals surface area contributed by atoms with E-state index in [1.807, 2.05) is 80.3 Å². The number of nitrogens with zero attached hydrogens (tertiary/aromatic N) is 2. The first kappa shape index (κ1) is 24.1. The number of amides is 2. The Morgan fingerprint density at radius 1 is 1.32 bits per heavy atom. The molecule has 31 heavy (non-hydrogen) atoms. The van der Waals surface area contributed by atoms with Crippen molar-refractivity contribution < 1.29 is 14.7 Å². The van der Waals surface area contributed by atoms with Crippen LogP contribution in [-0.4, -0.2) is 51.5 Å². The van der Waals surface area contributed by atoms with Gasteiger partial charge in [-0.25, -0.2) is 8.51 Å². The third kappa shape index (κ3) is 5.63. The fourth-order valence-electron chi connectivity index (χ4n) is 3.71. The van der Waals surface area contributed by atoms with E-state index in [-0.39, 0.29) is 30.2 Å². The average Bonchev–Trinajstić information content (AvgIpc) is 3.31. The Morgan fingerprint density at radius 3 is 2.55 bits per heavy atom. The van der Waals surface area contributed by atoms with Crippen LogP contribution in [0.25, 0.3) is 10.4 Å². The molecule has 1 fully saturated rings. The zero-order chi connectivity index (χ0) is 22.8. The van der Waals surface area contributed by atoms with E-state index in [0.717, 1.165) is 21.7 Å². The molecule has 0 bridgehead atoms. The molecule has 3 N–H and O–H groups in total. The number of carbonyl (C=O) groups excluding carboxylic acids is 2. The second-order valence-electron chi connectivity index (χ2n) is 8.99. The highest BCUT2D eigenvalue weighted by molar-refractivity contribution is 14.1. The summed E-state index contributed by atoms with van der Waals surface area (Å²) in [5.74, 6) is -0.406. The van der Waals surface area contributed by atoms with Gasteiger partial charge in [-0.3, -0.25) is 9.59 Å². The molecule has 9 heteroatoms. The second kappa shape index (κ2) is 9.93. The molecule has 0 saturated carbocycles. The van der Waals surface area contributed by atoms with Gasteiger partial charge in [-0.05, 0) is 23.5 Å². The molecule has 0 unspecified atom stereocenters. The number of hydrogen-bond acceptors (Lipinski definition) is 6. The molecule has 0 spiro atoms. The average molecular weight is 556 g/mol. The normalized spacial score (nSPS) is 20.0. The number of aliphatic hydroxyl groups is 1. The van der Waals surface area contributed by atoms with Crippen molar-refractivity contribution in [2.75, 3.05) is 6.54 Å². The van der Waals surface area contributed by atoms with Gasteiger partial charge in [0.1, 0.15) is 12.1 Å². The number of rotatable bonds is 6. The maximum Gasteiger partial charge on any atom is 0.243 e. The van der Waals surface area contributed by atoms with Crippen LogP contribution in [0.3, 0.4) is 0 Å². The summed E-state index contributed by atoms with van der Waals surface area (Å²) in [6, 6.07) is 6.90. The third-order valence-corrected chi connectivity index (χ3v) is 7.12. The number of likely N-dealkylation sites (tertiary alicyclic amines) is 1. The minimum absolute atomic E-state index is 0.164. The maximum atomic E-state index is 13.1. The lowest BCUT2D eigenvalue weighted by Gasteiger charge is -2.34. The van der Waals surface area contributed by atoms with Crippen LogP contribution in [-0.2, 0) is 16.1 Å². The molecule has 2 heterocycles. The number of halogens is 1. The topological polar surface area (TPSA) is 94.6 Å². The van der Waals surface area contributed by atoms with Crippen molar-refractivity contribution in [3.05, 3.63) is 41.0 Å². The fraction of sp³-hybridized carbons (Fsp3) is 0.500. The summed E-state index contributed by atoms with van der Waals surface area (Å²) in [6.45, 7) is 8.44. The number of aliphatic hydroxyl groups excluding tert-OH is 1. The van der Waals surface area contributed by atoms with E-state index in [1.165, 1.54) is 4.90 Å². The monoisotopic (exact) mass is 556 g/mol. The Hall–Kier alpha value is -1.56. The SMILES string of the molecule is Cc1ncsc1-c1ccc(CNC(=O)[C@@H]2C[C@H](O)CN2C(=O)[C@@H](NI)C(C)(C)C)cc1. The summed E-state index contributed by atoms with van der Waals surface area (Å²) < 4.78 is 3.03. The number of benzene rings is 1. The van der Waals surface area contributed by atoms with Crippen LogP contribution < -0.4 is 8.85 Å². The smallest absolute Gasteiger partial charge is 0.243 e. The molecular weight excluding hydrogens is 527 g/mol. The quantitative estimate of drug-likeness (QED) is 0.376. The van der Waals surface area contributed by atoms with E-state index in [2.05, 4.69) is 13.8 Å². The number of hydrogen-bond donors (Lipinski definition) is 3. The molecule has 3 rings (SSSR count). The summed E-state index contributed by atoms with van der Waals surface area (Å²) in [4.78, 5) is 32.9. The summed E-state index contributed by atoms with van der Waals surface area (Å²) in [6.07, 6.45) is -0.448. The molecule has 7 nitrogen and oxygen atoms in total. The minimum atomic E-state index is -0.698. The molecule has 168 valence electrons. The number of nitrogens with one attached hydrogen (secondary N) is 2. The number of carbonyl (C=O) groups is 2. The summed E-state index contributed by atoms with van der Waals surface area (Å²) >= 11 is 3.58. The molecule has 1 aromatic carbocycles. The van der Waals surface area contributed by atoms with E-state index in [1.54, 1.807) is 11.3 Å². The Kier molecular flexibility index (Phi) is 7.72. The number of aromatic nitrogens is 1. The molecule has 1 saturated heterocycles. The molecular formula is C22H29IN4O3S. The van der Waals surface area contributed by atoms with E-state index < -0.39 is 18.2 Å². The number of thiazole rings is 1. The van der Waals surface area contributed by atoms with Crippen LogP contribution in [0.5, 0.6) is 0 Å². The van der Waals surface area contributed by atoms with Gasteiger partial charge in [0.05, 0.1) is 22.2 Å². The lowest BCUT2D eigenvalue weighted by Crippen LogP contribution is -2.54. The minimum Gasteiger partial charge on any atom is -0.391 e. The standard InChI is InChI=1S/C22H29IN4O3S/c1-13-18(31-12-25-13)15-7-5-14(6-8-15)10-24-20(29)17-9-16(28)11-27(17)21(30)19(26-23)22(2,3)4/h5-8,12,16-17,19,26,28H,9-11H2,1-4H3,(H,24,29)/t16-,17-,19+/m0/s1. The molecule has 1 aliphatic heterocycles. The van der Waals surface area contributed by atoms with E-state index in [4.69, 9.17) is 0 Å². The van der Waals surface area contributed by atoms with Gasteiger partial charge in [0.15, 0.2) is 0 Å². The lowest BCUT2D eigenvalue weighted by molar-refractivity contribution is -0.141. The Bertz CT molecular complexity index is 926. The molecule has 0 aliphatic carbocycles. The largest absolute Gasteiger partial charge is 0.391 e. The first-order valence-electron chi connectivity index (χ1n) is 10.2. The van der Waals surface area contributed by atoms with E-state index in [0.29, 0.717) is 6.54 Å². The van der Waals surface area contributed by atoms with Gasteiger partial charge in [-0.2, -0.15) is 0 Å². The van der Waals surface area contributed by atoms with Gasteiger partial charge in [-0.15, -0.1) is 11.3 Å². The van der Waals surface area contributed by atoms with Gasteiger partial charge in [0.2, 0.25) is 11.8 Å². The van der Waals surface area contributed by atoms with Crippen LogP contribution in [0, 0.1) is 12.3 Å². The summed E-state index contributed by atoms with van der Waals surface area (Å²) in [5.41, 5.74) is 4.60. The molecule has 0 radical (unpaired) electrons. The summed E-state index contributed by atoms with van der Waals surface area (Å²) in [5, 5.41) is 13.1. The molecule has 2 aromatic rings. The predicted octanol–water partition coefficient (Wildman–Crippen LogP) is 3.05.